The van der Waals surface area contributed by atoms with E-state index in [1.54, 1.807) is 36.2 Å². The number of ketones is 1. The minimum absolute atomic E-state index is 0.0161. The van der Waals surface area contributed by atoms with Crippen LogP contribution >= 0.6 is 27.5 Å². The standard InChI is InChI=1S/C25H25BrClN3O3/c1-4-33-24(32)22-20(14-5-8-16(27)9-6-14)21-17(11-25(2,3)12-18(21)31)30(23(22)28)19-10-7-15(26)13-29-19/h5-10,13,20H,4,11-12,28H2,1-3H3/t20-/m0/s1. The fraction of sp³-hybridized carbons (Fsp3) is 0.320. The van der Waals surface area contributed by atoms with E-state index in [9.17, 15) is 9.59 Å². The van der Waals surface area contributed by atoms with Gasteiger partial charge in [-0.3, -0.25) is 9.69 Å². The SMILES string of the molecule is CCOC(=O)C1=C(N)N(c2ccc(Br)cn2)C2=C(C(=O)CC(C)(C)C2)[C@@H]1c1ccc(Cl)cc1. The fourth-order valence-corrected chi connectivity index (χ4v) is 4.93. The van der Waals surface area contributed by atoms with Crippen molar-refractivity contribution >= 4 is 45.1 Å². The summed E-state index contributed by atoms with van der Waals surface area (Å²) in [4.78, 5) is 33.1. The number of hydrogen-bond acceptors (Lipinski definition) is 6. The predicted molar refractivity (Wildman–Crippen MR) is 132 cm³/mol. The summed E-state index contributed by atoms with van der Waals surface area (Å²) >= 11 is 9.53. The summed E-state index contributed by atoms with van der Waals surface area (Å²) in [5.41, 5.74) is 8.74. The highest BCUT2D eigenvalue weighted by Crippen LogP contribution is 2.50. The van der Waals surface area contributed by atoms with E-state index in [-0.39, 0.29) is 29.2 Å². The monoisotopic (exact) mass is 529 g/mol. The molecule has 0 saturated heterocycles. The highest BCUT2D eigenvalue weighted by atomic mass is 79.9. The van der Waals surface area contributed by atoms with Gasteiger partial charge in [0, 0.05) is 33.4 Å². The van der Waals surface area contributed by atoms with Crippen LogP contribution < -0.4 is 10.6 Å². The third-order valence-corrected chi connectivity index (χ3v) is 6.62. The maximum atomic E-state index is 13.6. The summed E-state index contributed by atoms with van der Waals surface area (Å²) < 4.78 is 6.21. The number of carbonyl (C=O) groups is 2. The lowest BCUT2D eigenvalue weighted by molar-refractivity contribution is -0.138. The maximum absolute atomic E-state index is 13.6. The van der Waals surface area contributed by atoms with Gasteiger partial charge in [-0.25, -0.2) is 9.78 Å². The smallest absolute Gasteiger partial charge is 0.338 e. The zero-order chi connectivity index (χ0) is 23.9. The van der Waals surface area contributed by atoms with Gasteiger partial charge in [0.1, 0.15) is 11.6 Å². The zero-order valence-electron chi connectivity index (χ0n) is 18.7. The largest absolute Gasteiger partial charge is 0.463 e. The summed E-state index contributed by atoms with van der Waals surface area (Å²) in [6.45, 7) is 6.04. The number of nitrogens with two attached hydrogens (primary N) is 1. The Morgan fingerprint density at radius 1 is 1.24 bits per heavy atom. The molecule has 6 nitrogen and oxygen atoms in total. The Morgan fingerprint density at radius 2 is 1.94 bits per heavy atom. The van der Waals surface area contributed by atoms with Gasteiger partial charge in [0.05, 0.1) is 18.1 Å². The number of pyridine rings is 1. The molecule has 2 aromatic rings. The van der Waals surface area contributed by atoms with Crippen LogP contribution in [0.25, 0.3) is 0 Å². The van der Waals surface area contributed by atoms with Crippen LogP contribution in [0.3, 0.4) is 0 Å². The Morgan fingerprint density at radius 3 is 2.55 bits per heavy atom. The summed E-state index contributed by atoms with van der Waals surface area (Å²) in [5, 5.41) is 0.565. The molecule has 2 aliphatic rings. The van der Waals surface area contributed by atoms with Gasteiger partial charge in [-0.15, -0.1) is 0 Å². The van der Waals surface area contributed by atoms with E-state index in [0.717, 1.165) is 15.7 Å². The van der Waals surface area contributed by atoms with Gasteiger partial charge < -0.3 is 10.5 Å². The van der Waals surface area contributed by atoms with Crippen LogP contribution in [-0.2, 0) is 14.3 Å². The minimum atomic E-state index is -0.647. The predicted octanol–water partition coefficient (Wildman–Crippen LogP) is 5.48. The van der Waals surface area contributed by atoms with E-state index in [1.165, 1.54) is 0 Å². The van der Waals surface area contributed by atoms with Crippen molar-refractivity contribution in [1.29, 1.82) is 0 Å². The Hall–Kier alpha value is -2.64. The molecule has 0 bridgehead atoms. The molecule has 1 aliphatic heterocycles. The van der Waals surface area contributed by atoms with Gasteiger partial charge in [-0.2, -0.15) is 0 Å². The molecular weight excluding hydrogens is 506 g/mol. The number of esters is 1. The van der Waals surface area contributed by atoms with Crippen molar-refractivity contribution in [3.8, 4) is 0 Å². The molecule has 33 heavy (non-hydrogen) atoms. The average Bonchev–Trinajstić information content (AvgIpc) is 2.74. The Kier molecular flexibility index (Phi) is 6.38. The summed E-state index contributed by atoms with van der Waals surface area (Å²) in [6, 6.07) is 10.8. The van der Waals surface area contributed by atoms with Crippen molar-refractivity contribution in [3.05, 3.63) is 80.3 Å². The second-order valence-corrected chi connectivity index (χ2v) is 10.3. The van der Waals surface area contributed by atoms with Crippen LogP contribution in [0, 0.1) is 5.41 Å². The number of carbonyl (C=O) groups excluding carboxylic acids is 2. The summed E-state index contributed by atoms with van der Waals surface area (Å²) in [7, 11) is 0. The lowest BCUT2D eigenvalue weighted by Crippen LogP contribution is -2.44. The van der Waals surface area contributed by atoms with Crippen molar-refractivity contribution in [2.45, 2.75) is 39.5 Å². The minimum Gasteiger partial charge on any atom is -0.463 e. The van der Waals surface area contributed by atoms with Gasteiger partial charge in [0.15, 0.2) is 5.78 Å². The van der Waals surface area contributed by atoms with Crippen molar-refractivity contribution in [2.75, 3.05) is 11.5 Å². The van der Waals surface area contributed by atoms with Gasteiger partial charge in [0.25, 0.3) is 0 Å². The Balaban J connectivity index is 2.01. The molecule has 0 radical (unpaired) electrons. The third kappa shape index (κ3) is 4.44. The molecule has 1 aromatic carbocycles. The summed E-state index contributed by atoms with van der Waals surface area (Å²) in [6.07, 6.45) is 2.63. The first kappa shape index (κ1) is 23.5. The molecule has 2 N–H and O–H groups in total. The van der Waals surface area contributed by atoms with Crippen LogP contribution in [0.15, 0.2) is 69.7 Å². The van der Waals surface area contributed by atoms with E-state index in [2.05, 4.69) is 34.8 Å². The number of halogens is 2. The summed E-state index contributed by atoms with van der Waals surface area (Å²) in [5.74, 6) is -0.469. The van der Waals surface area contributed by atoms with Crippen molar-refractivity contribution in [2.24, 2.45) is 11.1 Å². The second kappa shape index (κ2) is 8.95. The highest BCUT2D eigenvalue weighted by Gasteiger charge is 2.46. The normalized spacial score (nSPS) is 20.1. The molecule has 1 atom stereocenters. The number of ether oxygens (including phenoxy) is 1. The van der Waals surface area contributed by atoms with Crippen molar-refractivity contribution < 1.29 is 14.3 Å². The molecule has 172 valence electrons. The number of Topliss-reactive ketones (excluding diaryl/α,β-unsaturated/α-hetero) is 1. The average molecular weight is 531 g/mol. The highest BCUT2D eigenvalue weighted by molar-refractivity contribution is 9.10. The molecule has 0 fully saturated rings. The van der Waals surface area contributed by atoms with Gasteiger partial charge in [-0.05, 0) is 64.5 Å². The molecule has 0 spiro atoms. The molecule has 0 unspecified atom stereocenters. The lowest BCUT2D eigenvalue weighted by Gasteiger charge is -2.43. The number of aromatic nitrogens is 1. The molecule has 2 heterocycles. The van der Waals surface area contributed by atoms with Crippen molar-refractivity contribution in [1.82, 2.24) is 4.98 Å². The number of nitrogens with zero attached hydrogens (tertiary/aromatic N) is 2. The van der Waals surface area contributed by atoms with Gasteiger partial charge in [-0.1, -0.05) is 37.6 Å². The van der Waals surface area contributed by atoms with Crippen LogP contribution in [0.4, 0.5) is 5.82 Å². The maximum Gasteiger partial charge on any atom is 0.338 e. The number of hydrogen-bond donors (Lipinski definition) is 1. The topological polar surface area (TPSA) is 85.5 Å². The first-order chi connectivity index (χ1) is 15.6. The molecule has 8 heteroatoms. The number of allylic oxidation sites excluding steroid dienone is 2. The molecule has 0 saturated carbocycles. The molecule has 4 rings (SSSR count). The van der Waals surface area contributed by atoms with E-state index in [4.69, 9.17) is 22.1 Å². The van der Waals surface area contributed by atoms with Crippen LogP contribution in [0.2, 0.25) is 5.02 Å². The molecule has 1 aromatic heterocycles. The van der Waals surface area contributed by atoms with Crippen LogP contribution in [0.5, 0.6) is 0 Å². The number of anilines is 1. The Bertz CT molecular complexity index is 1170. The van der Waals surface area contributed by atoms with Crippen LogP contribution in [0.1, 0.15) is 45.1 Å². The van der Waals surface area contributed by atoms with E-state index >= 15 is 0 Å². The fourth-order valence-electron chi connectivity index (χ4n) is 4.57. The van der Waals surface area contributed by atoms with Gasteiger partial charge >= 0.3 is 5.97 Å². The first-order valence-electron chi connectivity index (χ1n) is 10.7. The molecule has 0 amide bonds. The van der Waals surface area contributed by atoms with Crippen LogP contribution in [-0.4, -0.2) is 23.3 Å². The first-order valence-corrected chi connectivity index (χ1v) is 11.9. The third-order valence-electron chi connectivity index (χ3n) is 5.90. The molecular formula is C25H25BrClN3O3. The van der Waals surface area contributed by atoms with Gasteiger partial charge in [0.2, 0.25) is 0 Å². The number of benzene rings is 1. The van der Waals surface area contributed by atoms with E-state index < -0.39 is 11.9 Å². The van der Waals surface area contributed by atoms with E-state index in [0.29, 0.717) is 29.3 Å². The second-order valence-electron chi connectivity index (χ2n) is 8.98. The van der Waals surface area contributed by atoms with Crippen molar-refractivity contribution in [3.63, 3.8) is 0 Å². The Labute approximate surface area is 206 Å². The number of rotatable bonds is 4. The lowest BCUT2D eigenvalue weighted by atomic mass is 9.68. The zero-order valence-corrected chi connectivity index (χ0v) is 21.0. The quantitative estimate of drug-likeness (QED) is 0.527. The van der Waals surface area contributed by atoms with E-state index in [1.807, 2.05) is 18.2 Å². The molecule has 1 aliphatic carbocycles.